The summed E-state index contributed by atoms with van der Waals surface area (Å²) in [6.45, 7) is 0.302. The summed E-state index contributed by atoms with van der Waals surface area (Å²) in [6, 6.07) is 6.73. The van der Waals surface area contributed by atoms with Crippen molar-refractivity contribution in [3.05, 3.63) is 35.9 Å². The number of carbonyl (C=O) groups excluding carboxylic acids is 1. The zero-order valence-electron chi connectivity index (χ0n) is 13.0. The average molecular weight is 347 g/mol. The molecule has 0 spiro atoms. The minimum atomic E-state index is -5.03. The van der Waals surface area contributed by atoms with E-state index in [4.69, 9.17) is 9.47 Å². The molecule has 0 aromatic heterocycles. The number of rotatable bonds is 6. The van der Waals surface area contributed by atoms with Crippen LogP contribution in [0.4, 0.5) is 13.2 Å². The molecule has 1 heterocycles. The Morgan fingerprint density at radius 2 is 2.04 bits per heavy atom. The Morgan fingerprint density at radius 1 is 1.33 bits per heavy atom. The van der Waals surface area contributed by atoms with Crippen LogP contribution >= 0.6 is 0 Å². The predicted molar refractivity (Wildman–Crippen MR) is 78.9 cm³/mol. The molecule has 1 aromatic rings. The Kier molecular flexibility index (Phi) is 6.59. The molecule has 1 amide bonds. The maximum atomic E-state index is 12.5. The van der Waals surface area contributed by atoms with Crippen LogP contribution in [-0.2, 0) is 14.3 Å². The zero-order chi connectivity index (χ0) is 17.6. The number of aliphatic hydroxyl groups excluding tert-OH is 1. The highest BCUT2D eigenvalue weighted by Gasteiger charge is 2.41. The minimum Gasteiger partial charge on any atom is -0.388 e. The number of benzene rings is 1. The number of carbonyl (C=O) groups is 1. The molecule has 0 bridgehead atoms. The number of hydrogen-bond acceptors (Lipinski definition) is 4. The molecule has 0 radical (unpaired) electrons. The second kappa shape index (κ2) is 8.46. The first-order chi connectivity index (χ1) is 11.4. The van der Waals surface area contributed by atoms with Crippen molar-refractivity contribution in [2.24, 2.45) is 0 Å². The van der Waals surface area contributed by atoms with Gasteiger partial charge in [0, 0.05) is 6.61 Å². The van der Waals surface area contributed by atoms with Crippen LogP contribution in [0.15, 0.2) is 30.3 Å². The molecule has 0 saturated carbocycles. The van der Waals surface area contributed by atoms with Gasteiger partial charge in [0.1, 0.15) is 6.10 Å². The number of nitrogens with one attached hydrogen (secondary N) is 1. The lowest BCUT2D eigenvalue weighted by Crippen LogP contribution is -2.45. The largest absolute Gasteiger partial charge is 0.471 e. The molecular formula is C16H20F3NO4. The summed E-state index contributed by atoms with van der Waals surface area (Å²) in [5, 5.41) is 12.1. The van der Waals surface area contributed by atoms with Gasteiger partial charge in [-0.2, -0.15) is 13.2 Å². The van der Waals surface area contributed by atoms with E-state index in [1.165, 1.54) is 12.1 Å². The van der Waals surface area contributed by atoms with E-state index in [-0.39, 0.29) is 6.61 Å². The Bertz CT molecular complexity index is 518. The number of ether oxygens (including phenoxy) is 2. The summed E-state index contributed by atoms with van der Waals surface area (Å²) in [6.07, 6.45) is -4.34. The van der Waals surface area contributed by atoms with E-state index in [0.717, 1.165) is 12.8 Å². The molecule has 134 valence electrons. The van der Waals surface area contributed by atoms with Crippen molar-refractivity contribution >= 4 is 5.91 Å². The Morgan fingerprint density at radius 3 is 2.62 bits per heavy atom. The maximum Gasteiger partial charge on any atom is 0.471 e. The molecule has 2 N–H and O–H groups in total. The van der Waals surface area contributed by atoms with Gasteiger partial charge >= 0.3 is 12.1 Å². The predicted octanol–water partition coefficient (Wildman–Crippen LogP) is 2.31. The molecule has 8 heteroatoms. The summed E-state index contributed by atoms with van der Waals surface area (Å²) < 4.78 is 48.3. The lowest BCUT2D eigenvalue weighted by atomic mass is 10.0. The van der Waals surface area contributed by atoms with Crippen LogP contribution in [0.25, 0.3) is 0 Å². The maximum absolute atomic E-state index is 12.5. The highest BCUT2D eigenvalue weighted by atomic mass is 19.4. The molecule has 1 aliphatic rings. The molecular weight excluding hydrogens is 327 g/mol. The zero-order valence-corrected chi connectivity index (χ0v) is 13.0. The van der Waals surface area contributed by atoms with Gasteiger partial charge in [-0.15, -0.1) is 0 Å². The van der Waals surface area contributed by atoms with Gasteiger partial charge in [0.05, 0.1) is 12.6 Å². The molecule has 5 nitrogen and oxygen atoms in total. The summed E-state index contributed by atoms with van der Waals surface area (Å²) in [7, 11) is 0. The Balaban J connectivity index is 2.02. The smallest absolute Gasteiger partial charge is 0.388 e. The summed E-state index contributed by atoms with van der Waals surface area (Å²) >= 11 is 0. The molecule has 1 aromatic carbocycles. The van der Waals surface area contributed by atoms with Crippen LogP contribution in [-0.4, -0.2) is 42.8 Å². The van der Waals surface area contributed by atoms with Gasteiger partial charge in [-0.05, 0) is 24.8 Å². The van der Waals surface area contributed by atoms with Crippen LogP contribution in [0.3, 0.4) is 0 Å². The number of hydrogen-bond donors (Lipinski definition) is 2. The van der Waals surface area contributed by atoms with Crippen molar-refractivity contribution in [2.75, 3.05) is 13.2 Å². The van der Waals surface area contributed by atoms with Gasteiger partial charge in [-0.3, -0.25) is 4.79 Å². The molecule has 3 unspecified atom stereocenters. The molecule has 2 rings (SSSR count). The summed E-state index contributed by atoms with van der Waals surface area (Å²) in [5.74, 6) is -2.11. The summed E-state index contributed by atoms with van der Waals surface area (Å²) in [4.78, 5) is 11.2. The standard InChI is InChI=1S/C16H20F3NO4/c17-16(18,19)15(22)20-14(11-6-2-1-3-7-11)12(21)10-24-13-8-4-5-9-23-13/h1-3,6-7,12-14,21H,4-5,8-10H2,(H,20,22). The van der Waals surface area contributed by atoms with E-state index in [9.17, 15) is 23.1 Å². The Hall–Kier alpha value is -1.64. The summed E-state index contributed by atoms with van der Waals surface area (Å²) in [5.41, 5.74) is 0.357. The van der Waals surface area contributed by atoms with Gasteiger partial charge < -0.3 is 19.9 Å². The van der Waals surface area contributed by atoms with Gasteiger partial charge in [0.25, 0.3) is 0 Å². The molecule has 3 atom stereocenters. The van der Waals surface area contributed by atoms with Crippen molar-refractivity contribution in [3.63, 3.8) is 0 Å². The quantitative estimate of drug-likeness (QED) is 0.829. The first-order valence-electron chi connectivity index (χ1n) is 7.72. The van der Waals surface area contributed by atoms with E-state index in [1.54, 1.807) is 18.2 Å². The van der Waals surface area contributed by atoms with Gasteiger partial charge in [-0.25, -0.2) is 0 Å². The van der Waals surface area contributed by atoms with E-state index in [0.29, 0.717) is 18.6 Å². The number of alkyl halides is 3. The monoisotopic (exact) mass is 347 g/mol. The van der Waals surface area contributed by atoms with E-state index in [1.807, 2.05) is 5.32 Å². The van der Waals surface area contributed by atoms with Crippen LogP contribution < -0.4 is 5.32 Å². The van der Waals surface area contributed by atoms with Crippen molar-refractivity contribution in [1.29, 1.82) is 0 Å². The Labute approximate surface area is 137 Å². The van der Waals surface area contributed by atoms with Crippen molar-refractivity contribution in [1.82, 2.24) is 5.32 Å². The fourth-order valence-electron chi connectivity index (χ4n) is 2.43. The van der Waals surface area contributed by atoms with Gasteiger partial charge in [0.2, 0.25) is 0 Å². The third kappa shape index (κ3) is 5.47. The fraction of sp³-hybridized carbons (Fsp3) is 0.562. The second-order valence-corrected chi connectivity index (χ2v) is 5.56. The van der Waals surface area contributed by atoms with E-state index < -0.39 is 30.5 Å². The van der Waals surface area contributed by atoms with Gasteiger partial charge in [0.15, 0.2) is 6.29 Å². The minimum absolute atomic E-state index is 0.248. The number of halogens is 3. The SMILES string of the molecule is O=C(NC(c1ccccc1)C(O)COC1CCCCO1)C(F)(F)F. The fourth-order valence-corrected chi connectivity index (χ4v) is 2.43. The normalized spacial score (nSPS) is 21.1. The first kappa shape index (κ1) is 18.7. The van der Waals surface area contributed by atoms with Crippen molar-refractivity contribution < 1.29 is 32.5 Å². The molecule has 1 aliphatic heterocycles. The highest BCUT2D eigenvalue weighted by molar-refractivity contribution is 5.82. The van der Waals surface area contributed by atoms with Crippen LogP contribution in [0.1, 0.15) is 30.9 Å². The molecule has 1 fully saturated rings. The topological polar surface area (TPSA) is 67.8 Å². The number of amides is 1. The third-order valence-corrected chi connectivity index (χ3v) is 3.68. The van der Waals surface area contributed by atoms with Crippen LogP contribution in [0, 0.1) is 0 Å². The van der Waals surface area contributed by atoms with Crippen LogP contribution in [0.2, 0.25) is 0 Å². The number of aliphatic hydroxyl groups is 1. The first-order valence-corrected chi connectivity index (χ1v) is 7.72. The van der Waals surface area contributed by atoms with Gasteiger partial charge in [-0.1, -0.05) is 30.3 Å². The van der Waals surface area contributed by atoms with Crippen LogP contribution in [0.5, 0.6) is 0 Å². The molecule has 1 saturated heterocycles. The lowest BCUT2D eigenvalue weighted by molar-refractivity contribution is -0.182. The van der Waals surface area contributed by atoms with Crippen molar-refractivity contribution in [2.45, 2.75) is 43.9 Å². The third-order valence-electron chi connectivity index (χ3n) is 3.68. The molecule has 24 heavy (non-hydrogen) atoms. The second-order valence-electron chi connectivity index (χ2n) is 5.56. The van der Waals surface area contributed by atoms with E-state index in [2.05, 4.69) is 0 Å². The lowest BCUT2D eigenvalue weighted by Gasteiger charge is -2.28. The van der Waals surface area contributed by atoms with E-state index >= 15 is 0 Å². The molecule has 0 aliphatic carbocycles. The van der Waals surface area contributed by atoms with Crippen molar-refractivity contribution in [3.8, 4) is 0 Å². The highest BCUT2D eigenvalue weighted by Crippen LogP contribution is 2.22. The average Bonchev–Trinajstić information content (AvgIpc) is 2.58.